The van der Waals surface area contributed by atoms with Crippen molar-refractivity contribution >= 4 is 16.3 Å². The van der Waals surface area contributed by atoms with Crippen LogP contribution in [0.15, 0.2) is 0 Å². The Morgan fingerprint density at radius 3 is 3.00 bits per heavy atom. The van der Waals surface area contributed by atoms with E-state index in [-0.39, 0.29) is 12.0 Å². The maximum absolute atomic E-state index is 9.25. The number of ether oxygens (including phenoxy) is 1. The molecule has 0 amide bonds. The van der Waals surface area contributed by atoms with E-state index in [0.29, 0.717) is 5.69 Å². The van der Waals surface area contributed by atoms with Crippen LogP contribution in [-0.4, -0.2) is 21.2 Å². The van der Waals surface area contributed by atoms with Crippen molar-refractivity contribution in [2.24, 2.45) is 0 Å². The second-order valence-corrected chi connectivity index (χ2v) is 5.74. The first-order chi connectivity index (χ1) is 8.70. The first-order valence-corrected chi connectivity index (χ1v) is 6.93. The summed E-state index contributed by atoms with van der Waals surface area (Å²) in [7, 11) is 0. The number of nitriles is 1. The molecule has 1 atom stereocenters. The summed E-state index contributed by atoms with van der Waals surface area (Å²) in [6.07, 6.45) is 2.18. The van der Waals surface area contributed by atoms with Crippen LogP contribution in [0.1, 0.15) is 55.1 Å². The van der Waals surface area contributed by atoms with Crippen LogP contribution in [0, 0.1) is 11.3 Å². The number of rotatable bonds is 2. The molecule has 0 spiro atoms. The van der Waals surface area contributed by atoms with Gasteiger partial charge < -0.3 is 4.74 Å². The molecule has 2 aromatic rings. The molecule has 1 aliphatic rings. The minimum atomic E-state index is 0.0887. The molecule has 2 aromatic heterocycles. The van der Waals surface area contributed by atoms with E-state index in [2.05, 4.69) is 16.2 Å². The molecule has 94 valence electrons. The van der Waals surface area contributed by atoms with Gasteiger partial charge in [0.15, 0.2) is 5.69 Å². The summed E-state index contributed by atoms with van der Waals surface area (Å²) in [6.45, 7) is 4.87. The van der Waals surface area contributed by atoms with Crippen molar-refractivity contribution in [3.05, 3.63) is 16.4 Å². The topological polar surface area (TPSA) is 63.2 Å². The zero-order valence-corrected chi connectivity index (χ0v) is 11.2. The molecular weight excluding hydrogens is 248 g/mol. The number of hydrogen-bond acceptors (Lipinski definition) is 5. The van der Waals surface area contributed by atoms with Gasteiger partial charge >= 0.3 is 0 Å². The van der Waals surface area contributed by atoms with Gasteiger partial charge in [-0.2, -0.15) is 14.9 Å². The molecule has 5 nitrogen and oxygen atoms in total. The fraction of sp³-hybridized carbons (Fsp3) is 0.583. The Balaban J connectivity index is 2.08. The van der Waals surface area contributed by atoms with E-state index in [4.69, 9.17) is 4.74 Å². The third-order valence-electron chi connectivity index (χ3n) is 3.10. The molecule has 1 saturated heterocycles. The molecule has 0 bridgehead atoms. The molecule has 0 aromatic carbocycles. The molecule has 1 unspecified atom stereocenters. The fourth-order valence-electron chi connectivity index (χ4n) is 2.19. The second kappa shape index (κ2) is 4.34. The summed E-state index contributed by atoms with van der Waals surface area (Å²) in [6, 6.07) is 2.21. The van der Waals surface area contributed by atoms with Gasteiger partial charge in [0.05, 0.1) is 5.69 Å². The summed E-state index contributed by atoms with van der Waals surface area (Å²) in [5.74, 6) is 0.236. The number of fused-ring (bicyclic) bond motifs is 1. The maximum atomic E-state index is 9.25. The quantitative estimate of drug-likeness (QED) is 0.834. The van der Waals surface area contributed by atoms with Gasteiger partial charge in [-0.05, 0) is 18.8 Å². The van der Waals surface area contributed by atoms with E-state index in [9.17, 15) is 5.26 Å². The fourth-order valence-corrected chi connectivity index (χ4v) is 3.18. The van der Waals surface area contributed by atoms with Crippen molar-refractivity contribution in [3.63, 3.8) is 0 Å². The van der Waals surface area contributed by atoms with Crippen molar-refractivity contribution in [1.29, 1.82) is 5.26 Å². The van der Waals surface area contributed by atoms with Gasteiger partial charge in [0.25, 0.3) is 0 Å². The van der Waals surface area contributed by atoms with E-state index < -0.39 is 0 Å². The van der Waals surface area contributed by atoms with Crippen LogP contribution in [0.5, 0.6) is 0 Å². The summed E-state index contributed by atoms with van der Waals surface area (Å²) in [4.78, 5) is 5.31. The third-order valence-corrected chi connectivity index (χ3v) is 4.10. The molecule has 1 aliphatic heterocycles. The molecule has 6 heteroatoms. The van der Waals surface area contributed by atoms with Crippen molar-refractivity contribution < 1.29 is 4.74 Å². The Bertz CT molecular complexity index is 616. The highest BCUT2D eigenvalue weighted by Crippen LogP contribution is 2.32. The minimum Gasteiger partial charge on any atom is -0.371 e. The molecule has 0 radical (unpaired) electrons. The van der Waals surface area contributed by atoms with Crippen molar-refractivity contribution in [2.75, 3.05) is 6.61 Å². The normalized spacial score (nSPS) is 19.8. The Morgan fingerprint density at radius 1 is 1.56 bits per heavy atom. The van der Waals surface area contributed by atoms with Crippen LogP contribution in [0.25, 0.3) is 4.96 Å². The predicted molar refractivity (Wildman–Crippen MR) is 67.6 cm³/mol. The molecular formula is C12H14N4OS. The highest BCUT2D eigenvalue weighted by Gasteiger charge is 2.25. The summed E-state index contributed by atoms with van der Waals surface area (Å²) >= 11 is 1.53. The van der Waals surface area contributed by atoms with Gasteiger partial charge in [-0.25, -0.2) is 4.98 Å². The molecule has 0 saturated carbocycles. The minimum absolute atomic E-state index is 0.0887. The summed E-state index contributed by atoms with van der Waals surface area (Å²) in [5.41, 5.74) is 1.38. The molecule has 0 N–H and O–H groups in total. The lowest BCUT2D eigenvalue weighted by atomic mass is 10.1. The third kappa shape index (κ3) is 1.71. The average Bonchev–Trinajstić information content (AvgIpc) is 3.02. The summed E-state index contributed by atoms with van der Waals surface area (Å²) in [5, 5.41) is 14.7. The second-order valence-electron chi connectivity index (χ2n) is 4.75. The monoisotopic (exact) mass is 262 g/mol. The molecule has 3 heterocycles. The smallest absolute Gasteiger partial charge is 0.213 e. The maximum Gasteiger partial charge on any atom is 0.213 e. The Labute approximate surface area is 109 Å². The molecule has 1 fully saturated rings. The van der Waals surface area contributed by atoms with Crippen molar-refractivity contribution in [1.82, 2.24) is 14.6 Å². The average molecular weight is 262 g/mol. The largest absolute Gasteiger partial charge is 0.371 e. The van der Waals surface area contributed by atoms with Gasteiger partial charge in [0, 0.05) is 6.61 Å². The number of hydrogen-bond donors (Lipinski definition) is 0. The first-order valence-electron chi connectivity index (χ1n) is 6.11. The molecule has 3 rings (SSSR count). The molecule has 18 heavy (non-hydrogen) atoms. The Morgan fingerprint density at radius 2 is 2.39 bits per heavy atom. The van der Waals surface area contributed by atoms with Gasteiger partial charge in [0.2, 0.25) is 4.96 Å². The lowest BCUT2D eigenvalue weighted by Gasteiger charge is -2.03. The van der Waals surface area contributed by atoms with E-state index >= 15 is 0 Å². The van der Waals surface area contributed by atoms with E-state index in [0.717, 1.165) is 35.1 Å². The predicted octanol–water partition coefficient (Wildman–Crippen LogP) is 2.64. The van der Waals surface area contributed by atoms with E-state index in [1.165, 1.54) is 11.3 Å². The first kappa shape index (κ1) is 11.6. The number of aromatic nitrogens is 3. The summed E-state index contributed by atoms with van der Waals surface area (Å²) < 4.78 is 7.28. The zero-order valence-electron chi connectivity index (χ0n) is 10.4. The van der Waals surface area contributed by atoms with Crippen LogP contribution < -0.4 is 0 Å². The van der Waals surface area contributed by atoms with Crippen LogP contribution in [0.3, 0.4) is 0 Å². The van der Waals surface area contributed by atoms with Crippen LogP contribution >= 0.6 is 11.3 Å². The van der Waals surface area contributed by atoms with Gasteiger partial charge in [-0.1, -0.05) is 25.2 Å². The highest BCUT2D eigenvalue weighted by molar-refractivity contribution is 7.16. The van der Waals surface area contributed by atoms with Gasteiger partial charge in [-0.3, -0.25) is 0 Å². The zero-order chi connectivity index (χ0) is 12.7. The number of imidazole rings is 1. The SMILES string of the molecule is CC(C)c1nc2sc(C3CCCO3)nn2c1C#N. The van der Waals surface area contributed by atoms with Crippen LogP contribution in [0.4, 0.5) is 0 Å². The Hall–Kier alpha value is -1.45. The number of nitrogens with zero attached hydrogens (tertiary/aromatic N) is 4. The Kier molecular flexibility index (Phi) is 2.80. The van der Waals surface area contributed by atoms with Crippen LogP contribution in [-0.2, 0) is 4.74 Å². The van der Waals surface area contributed by atoms with Crippen molar-refractivity contribution in [2.45, 2.75) is 38.7 Å². The van der Waals surface area contributed by atoms with Gasteiger partial charge in [-0.15, -0.1) is 0 Å². The highest BCUT2D eigenvalue weighted by atomic mass is 32.1. The van der Waals surface area contributed by atoms with E-state index in [1.807, 2.05) is 13.8 Å². The van der Waals surface area contributed by atoms with Gasteiger partial charge in [0.1, 0.15) is 17.2 Å². The lowest BCUT2D eigenvalue weighted by molar-refractivity contribution is 0.111. The lowest BCUT2D eigenvalue weighted by Crippen LogP contribution is -1.99. The van der Waals surface area contributed by atoms with E-state index in [1.54, 1.807) is 4.52 Å². The molecule has 0 aliphatic carbocycles. The van der Waals surface area contributed by atoms with Crippen molar-refractivity contribution in [3.8, 4) is 6.07 Å². The van der Waals surface area contributed by atoms with Crippen LogP contribution in [0.2, 0.25) is 0 Å². The standard InChI is InChI=1S/C12H14N4OS/c1-7(2)10-8(6-13)16-12(14-10)18-11(15-16)9-4-3-5-17-9/h7,9H,3-5H2,1-2H3.